The van der Waals surface area contributed by atoms with Gasteiger partial charge in [-0.1, -0.05) is 6.07 Å². The maximum Gasteiger partial charge on any atom is 0.133 e. The fraction of sp³-hybridized carbons (Fsp3) is 0.438. The molecule has 1 saturated carbocycles. The largest absolute Gasteiger partial charge is 0.492 e. The quantitative estimate of drug-likeness (QED) is 0.801. The second-order valence-electron chi connectivity index (χ2n) is 5.38. The van der Waals surface area contributed by atoms with E-state index in [4.69, 9.17) is 4.74 Å². The highest BCUT2D eigenvalue weighted by atomic mass is 79.9. The van der Waals surface area contributed by atoms with E-state index >= 15 is 0 Å². The highest BCUT2D eigenvalue weighted by molar-refractivity contribution is 9.10. The van der Waals surface area contributed by atoms with Crippen molar-refractivity contribution in [3.63, 3.8) is 0 Å². The van der Waals surface area contributed by atoms with Crippen LogP contribution < -0.4 is 10.1 Å². The van der Waals surface area contributed by atoms with Gasteiger partial charge < -0.3 is 10.1 Å². The van der Waals surface area contributed by atoms with Gasteiger partial charge in [0.1, 0.15) is 5.75 Å². The zero-order chi connectivity index (χ0) is 14.7. The topological polar surface area (TPSA) is 34.1 Å². The van der Waals surface area contributed by atoms with Gasteiger partial charge in [0.25, 0.3) is 0 Å². The number of aryl methyl sites for hydroxylation is 1. The molecule has 1 aliphatic rings. The molecule has 1 N–H and O–H groups in total. The monoisotopic (exact) mass is 366 g/mol. The van der Waals surface area contributed by atoms with Crippen LogP contribution in [0.1, 0.15) is 29.0 Å². The minimum absolute atomic E-state index is 0.682. The van der Waals surface area contributed by atoms with E-state index in [1.54, 1.807) is 11.3 Å². The summed E-state index contributed by atoms with van der Waals surface area (Å²) in [6, 6.07) is 7.06. The maximum atomic E-state index is 5.87. The summed E-state index contributed by atoms with van der Waals surface area (Å²) < 4.78 is 6.90. The normalized spacial score (nSPS) is 14.4. The number of rotatable bonds is 7. The molecule has 3 rings (SSSR count). The lowest BCUT2D eigenvalue weighted by Gasteiger charge is -2.10. The highest BCUT2D eigenvalue weighted by Crippen LogP contribution is 2.27. The van der Waals surface area contributed by atoms with Gasteiger partial charge in [-0.3, -0.25) is 0 Å². The van der Waals surface area contributed by atoms with Crippen molar-refractivity contribution in [3.05, 3.63) is 44.3 Å². The van der Waals surface area contributed by atoms with Gasteiger partial charge >= 0.3 is 0 Å². The molecule has 1 fully saturated rings. The highest BCUT2D eigenvalue weighted by Gasteiger charge is 2.20. The zero-order valence-corrected chi connectivity index (χ0v) is 14.5. The van der Waals surface area contributed by atoms with E-state index in [0.29, 0.717) is 6.61 Å². The number of aromatic nitrogens is 1. The van der Waals surface area contributed by atoms with Crippen LogP contribution in [0.3, 0.4) is 0 Å². The van der Waals surface area contributed by atoms with Gasteiger partial charge in [0.2, 0.25) is 0 Å². The predicted molar refractivity (Wildman–Crippen MR) is 90.1 cm³/mol. The molecule has 1 aromatic heterocycles. The molecule has 1 aromatic carbocycles. The number of ether oxygens (including phenoxy) is 1. The molecule has 112 valence electrons. The molecule has 0 unspecified atom stereocenters. The van der Waals surface area contributed by atoms with Gasteiger partial charge in [-0.2, -0.15) is 0 Å². The van der Waals surface area contributed by atoms with E-state index < -0.39 is 0 Å². The summed E-state index contributed by atoms with van der Waals surface area (Å²) in [6.45, 7) is 3.66. The molecular weight excluding hydrogens is 348 g/mol. The van der Waals surface area contributed by atoms with Crippen LogP contribution in [-0.4, -0.2) is 17.6 Å². The third kappa shape index (κ3) is 4.28. The van der Waals surface area contributed by atoms with Crippen molar-refractivity contribution >= 4 is 27.3 Å². The predicted octanol–water partition coefficient (Wildman–Crippen LogP) is 4.09. The van der Waals surface area contributed by atoms with E-state index in [1.165, 1.54) is 23.3 Å². The van der Waals surface area contributed by atoms with Crippen molar-refractivity contribution in [1.29, 1.82) is 0 Å². The first-order valence-corrected chi connectivity index (χ1v) is 8.93. The lowest BCUT2D eigenvalue weighted by Crippen LogP contribution is -2.15. The van der Waals surface area contributed by atoms with Crippen LogP contribution in [0.15, 0.2) is 28.2 Å². The lowest BCUT2D eigenvalue weighted by atomic mass is 10.2. The Kier molecular flexibility index (Phi) is 4.93. The van der Waals surface area contributed by atoms with Gasteiger partial charge in [-0.25, -0.2) is 4.98 Å². The van der Waals surface area contributed by atoms with Crippen LogP contribution in [0.25, 0.3) is 0 Å². The van der Waals surface area contributed by atoms with Gasteiger partial charge in [-0.05, 0) is 53.4 Å². The summed E-state index contributed by atoms with van der Waals surface area (Å²) in [7, 11) is 0. The zero-order valence-electron chi connectivity index (χ0n) is 12.1. The summed E-state index contributed by atoms with van der Waals surface area (Å²) in [6.07, 6.45) is 3.55. The molecule has 1 heterocycles. The fourth-order valence-electron chi connectivity index (χ4n) is 2.14. The second-order valence-corrected chi connectivity index (χ2v) is 7.17. The second kappa shape index (κ2) is 6.90. The molecule has 21 heavy (non-hydrogen) atoms. The van der Waals surface area contributed by atoms with E-state index in [0.717, 1.165) is 34.9 Å². The third-order valence-electron chi connectivity index (χ3n) is 3.60. The van der Waals surface area contributed by atoms with Crippen molar-refractivity contribution < 1.29 is 4.74 Å². The number of benzene rings is 1. The molecular formula is C16H19BrN2OS. The molecule has 0 atom stereocenters. The third-order valence-corrected chi connectivity index (χ3v) is 5.21. The molecule has 0 spiro atoms. The van der Waals surface area contributed by atoms with Crippen molar-refractivity contribution in [2.75, 3.05) is 6.61 Å². The minimum Gasteiger partial charge on any atom is -0.492 e. The molecule has 0 radical (unpaired) electrons. The van der Waals surface area contributed by atoms with Crippen molar-refractivity contribution in [3.8, 4) is 5.75 Å². The summed E-state index contributed by atoms with van der Waals surface area (Å²) in [4.78, 5) is 5.56. The van der Waals surface area contributed by atoms with Crippen LogP contribution in [-0.2, 0) is 13.0 Å². The molecule has 0 aliphatic heterocycles. The van der Waals surface area contributed by atoms with Crippen molar-refractivity contribution in [2.24, 2.45) is 0 Å². The summed E-state index contributed by atoms with van der Waals surface area (Å²) in [5.41, 5.74) is 4.30. The van der Waals surface area contributed by atoms with E-state index in [9.17, 15) is 0 Å². The number of nitrogens with one attached hydrogen (secondary N) is 1. The smallest absolute Gasteiger partial charge is 0.133 e. The molecule has 2 aromatic rings. The Labute approximate surface area is 137 Å². The molecule has 0 amide bonds. The van der Waals surface area contributed by atoms with E-state index in [2.05, 4.69) is 38.4 Å². The lowest BCUT2D eigenvalue weighted by molar-refractivity contribution is 0.320. The average molecular weight is 367 g/mol. The van der Waals surface area contributed by atoms with Gasteiger partial charge in [0.05, 0.1) is 22.3 Å². The number of thiazole rings is 1. The Morgan fingerprint density at radius 1 is 1.43 bits per heavy atom. The Morgan fingerprint density at radius 2 is 2.29 bits per heavy atom. The standard InChI is InChI=1S/C16H19BrN2OS/c1-11-16(21-10-19-11)6-7-20-15-5-2-12(8-14(15)17)9-18-13-3-4-13/h2,5,8,10,13,18H,3-4,6-7,9H2,1H3. The van der Waals surface area contributed by atoms with Crippen LogP contribution >= 0.6 is 27.3 Å². The minimum atomic E-state index is 0.682. The molecule has 1 aliphatic carbocycles. The average Bonchev–Trinajstić information content (AvgIpc) is 3.22. The van der Waals surface area contributed by atoms with Crippen molar-refractivity contribution in [1.82, 2.24) is 10.3 Å². The molecule has 0 saturated heterocycles. The number of hydrogen-bond acceptors (Lipinski definition) is 4. The van der Waals surface area contributed by atoms with Gasteiger partial charge in [-0.15, -0.1) is 11.3 Å². The number of nitrogens with zero attached hydrogens (tertiary/aromatic N) is 1. The number of halogens is 1. The summed E-state index contributed by atoms with van der Waals surface area (Å²) in [5.74, 6) is 0.910. The maximum absolute atomic E-state index is 5.87. The van der Waals surface area contributed by atoms with Crippen LogP contribution in [0.4, 0.5) is 0 Å². The first-order chi connectivity index (χ1) is 10.2. The van der Waals surface area contributed by atoms with Crippen LogP contribution in [0.2, 0.25) is 0 Å². The Bertz CT molecular complexity index is 610. The van der Waals surface area contributed by atoms with E-state index in [1.807, 2.05) is 18.5 Å². The van der Waals surface area contributed by atoms with E-state index in [-0.39, 0.29) is 0 Å². The van der Waals surface area contributed by atoms with Crippen LogP contribution in [0, 0.1) is 6.92 Å². The Morgan fingerprint density at radius 3 is 2.95 bits per heavy atom. The molecule has 3 nitrogen and oxygen atoms in total. The summed E-state index contributed by atoms with van der Waals surface area (Å²) in [5, 5.41) is 3.52. The Hall–Kier alpha value is -0.910. The molecule has 5 heteroatoms. The van der Waals surface area contributed by atoms with Gasteiger partial charge in [0.15, 0.2) is 0 Å². The summed E-state index contributed by atoms with van der Waals surface area (Å²) >= 11 is 5.30. The van der Waals surface area contributed by atoms with Crippen molar-refractivity contribution in [2.45, 2.75) is 38.8 Å². The fourth-order valence-corrected chi connectivity index (χ4v) is 3.44. The number of hydrogen-bond donors (Lipinski definition) is 1. The van der Waals surface area contributed by atoms with Crippen LogP contribution in [0.5, 0.6) is 5.75 Å². The Balaban J connectivity index is 1.51. The molecule has 0 bridgehead atoms. The van der Waals surface area contributed by atoms with Gasteiger partial charge in [0, 0.05) is 23.9 Å². The first-order valence-electron chi connectivity index (χ1n) is 7.26. The first kappa shape index (κ1) is 15.0. The SMILES string of the molecule is Cc1ncsc1CCOc1ccc(CNC2CC2)cc1Br.